The molecule has 0 N–H and O–H groups in total. The van der Waals surface area contributed by atoms with Crippen LogP contribution in [0.1, 0.15) is 30.5 Å². The largest absolute Gasteiger partial charge is 0.493 e. The van der Waals surface area contributed by atoms with Crippen molar-refractivity contribution in [2.24, 2.45) is 0 Å². The summed E-state index contributed by atoms with van der Waals surface area (Å²) in [5.74, 6) is -0.196. The molecule has 1 amide bonds. The summed E-state index contributed by atoms with van der Waals surface area (Å²) in [5, 5.41) is 10.7. The van der Waals surface area contributed by atoms with Crippen LogP contribution in [0.25, 0.3) is 10.9 Å². The van der Waals surface area contributed by atoms with Crippen molar-refractivity contribution in [1.82, 2.24) is 14.9 Å². The minimum absolute atomic E-state index is 0.0799. The summed E-state index contributed by atoms with van der Waals surface area (Å²) in [7, 11) is -4.51. The van der Waals surface area contributed by atoms with Crippen molar-refractivity contribution < 1.29 is 17.9 Å². The molecule has 4 heterocycles. The van der Waals surface area contributed by atoms with Gasteiger partial charge in [0.2, 0.25) is 0 Å². The number of amides is 1. The SMILES string of the molecule is CCOc1ccccc1C1(N2CCN(c3ccncc3)CC2C)C(=O)N(S(=O)(=O)c2cccc3cccnc23)c2ccc(C#N)cc21. The van der Waals surface area contributed by atoms with Gasteiger partial charge < -0.3 is 9.64 Å². The molecule has 3 aromatic carbocycles. The Balaban J connectivity index is 1.48. The summed E-state index contributed by atoms with van der Waals surface area (Å²) < 4.78 is 36.7. The number of para-hydroxylation sites is 2. The van der Waals surface area contributed by atoms with Crippen molar-refractivity contribution in [1.29, 1.82) is 5.26 Å². The molecule has 236 valence electrons. The molecule has 2 aromatic heterocycles. The molecule has 2 atom stereocenters. The number of rotatable bonds is 7. The van der Waals surface area contributed by atoms with E-state index in [9.17, 15) is 13.7 Å². The molecule has 0 radical (unpaired) electrons. The third-order valence-electron chi connectivity index (χ3n) is 9.01. The number of hydrogen-bond donors (Lipinski definition) is 0. The van der Waals surface area contributed by atoms with Gasteiger partial charge in [0.25, 0.3) is 15.9 Å². The highest BCUT2D eigenvalue weighted by Gasteiger charge is 2.61. The number of piperazine rings is 1. The molecule has 2 unspecified atom stereocenters. The fourth-order valence-corrected chi connectivity index (χ4v) is 8.68. The average Bonchev–Trinajstić information content (AvgIpc) is 3.36. The van der Waals surface area contributed by atoms with E-state index in [2.05, 4.69) is 25.8 Å². The third-order valence-corrected chi connectivity index (χ3v) is 10.7. The number of benzene rings is 3. The summed E-state index contributed by atoms with van der Waals surface area (Å²) in [4.78, 5) is 28.3. The Bertz CT molecular complexity index is 2150. The molecule has 1 fully saturated rings. The van der Waals surface area contributed by atoms with Gasteiger partial charge in [-0.3, -0.25) is 19.7 Å². The third kappa shape index (κ3) is 4.71. The van der Waals surface area contributed by atoms with Gasteiger partial charge >= 0.3 is 0 Å². The van der Waals surface area contributed by atoms with E-state index in [0.717, 1.165) is 9.99 Å². The lowest BCUT2D eigenvalue weighted by Crippen LogP contribution is -2.63. The minimum atomic E-state index is -4.51. The zero-order chi connectivity index (χ0) is 32.8. The van der Waals surface area contributed by atoms with Crippen LogP contribution in [0.2, 0.25) is 0 Å². The van der Waals surface area contributed by atoms with E-state index in [1.807, 2.05) is 44.2 Å². The maximum atomic E-state index is 15.5. The number of pyridine rings is 2. The van der Waals surface area contributed by atoms with Crippen LogP contribution in [-0.4, -0.2) is 61.5 Å². The summed E-state index contributed by atoms with van der Waals surface area (Å²) in [6.07, 6.45) is 5.03. The van der Waals surface area contributed by atoms with Crippen LogP contribution < -0.4 is 13.9 Å². The molecule has 5 aromatic rings. The van der Waals surface area contributed by atoms with E-state index in [1.54, 1.807) is 60.9 Å². The topological polar surface area (TPSA) is 120 Å². The Kier molecular flexibility index (Phi) is 7.62. The van der Waals surface area contributed by atoms with E-state index < -0.39 is 21.5 Å². The lowest BCUT2D eigenvalue weighted by molar-refractivity contribution is -0.128. The van der Waals surface area contributed by atoms with Crippen LogP contribution in [0.3, 0.4) is 0 Å². The van der Waals surface area contributed by atoms with Crippen molar-refractivity contribution in [2.45, 2.75) is 30.3 Å². The van der Waals surface area contributed by atoms with Crippen molar-refractivity contribution in [3.8, 4) is 11.8 Å². The van der Waals surface area contributed by atoms with Crippen LogP contribution in [0.4, 0.5) is 11.4 Å². The second-order valence-corrected chi connectivity index (χ2v) is 13.3. The van der Waals surface area contributed by atoms with Crippen molar-refractivity contribution >= 4 is 38.2 Å². The Morgan fingerprint density at radius 1 is 0.957 bits per heavy atom. The molecule has 7 rings (SSSR count). The summed E-state index contributed by atoms with van der Waals surface area (Å²) in [6, 6.07) is 26.3. The molecule has 0 aliphatic carbocycles. The molecule has 1 saturated heterocycles. The lowest BCUT2D eigenvalue weighted by atomic mass is 9.79. The second-order valence-electron chi connectivity index (χ2n) is 11.6. The monoisotopic (exact) mass is 644 g/mol. The van der Waals surface area contributed by atoms with Gasteiger partial charge in [0.1, 0.15) is 10.6 Å². The van der Waals surface area contributed by atoms with Gasteiger partial charge in [-0.2, -0.15) is 5.26 Å². The number of fused-ring (bicyclic) bond motifs is 2. The number of anilines is 2. The van der Waals surface area contributed by atoms with E-state index in [1.165, 1.54) is 12.3 Å². The molecule has 11 heteroatoms. The van der Waals surface area contributed by atoms with Gasteiger partial charge in [-0.1, -0.05) is 36.4 Å². The van der Waals surface area contributed by atoms with Gasteiger partial charge in [-0.25, -0.2) is 12.7 Å². The summed E-state index contributed by atoms with van der Waals surface area (Å²) in [5.41, 5.74) is 1.07. The quantitative estimate of drug-likeness (QED) is 0.239. The highest BCUT2D eigenvalue weighted by Crippen LogP contribution is 2.54. The number of hydrogen-bond acceptors (Lipinski definition) is 9. The fraction of sp³-hybridized carbons (Fsp3) is 0.222. The zero-order valence-corrected chi connectivity index (χ0v) is 26.8. The van der Waals surface area contributed by atoms with Crippen molar-refractivity contribution in [2.75, 3.05) is 35.4 Å². The first kappa shape index (κ1) is 30.3. The van der Waals surface area contributed by atoms with E-state index in [-0.39, 0.29) is 22.1 Å². The first-order valence-electron chi connectivity index (χ1n) is 15.4. The van der Waals surface area contributed by atoms with Gasteiger partial charge in [0, 0.05) is 66.5 Å². The van der Waals surface area contributed by atoms with Gasteiger partial charge in [0.15, 0.2) is 5.54 Å². The maximum absolute atomic E-state index is 15.5. The van der Waals surface area contributed by atoms with Crippen LogP contribution in [0.5, 0.6) is 5.75 Å². The molecule has 2 aliphatic rings. The average molecular weight is 645 g/mol. The number of ether oxygens (including phenoxy) is 1. The lowest BCUT2D eigenvalue weighted by Gasteiger charge is -2.49. The number of sulfonamides is 1. The molecule has 2 aliphatic heterocycles. The van der Waals surface area contributed by atoms with E-state index >= 15 is 4.79 Å². The highest BCUT2D eigenvalue weighted by molar-refractivity contribution is 7.93. The number of carbonyl (C=O) groups excluding carboxylic acids is 1. The van der Waals surface area contributed by atoms with Gasteiger partial charge in [-0.15, -0.1) is 0 Å². The predicted octanol–water partition coefficient (Wildman–Crippen LogP) is 5.09. The number of nitrogens with zero attached hydrogens (tertiary/aromatic N) is 6. The first-order valence-corrected chi connectivity index (χ1v) is 16.9. The zero-order valence-electron chi connectivity index (χ0n) is 25.9. The van der Waals surface area contributed by atoms with Crippen LogP contribution >= 0.6 is 0 Å². The summed E-state index contributed by atoms with van der Waals surface area (Å²) >= 11 is 0. The number of aromatic nitrogens is 2. The Morgan fingerprint density at radius 2 is 1.74 bits per heavy atom. The van der Waals surface area contributed by atoms with Crippen LogP contribution in [0, 0.1) is 11.3 Å². The maximum Gasteiger partial charge on any atom is 0.273 e. The molecule has 0 bridgehead atoms. The van der Waals surface area contributed by atoms with E-state index in [0.29, 0.717) is 54.1 Å². The van der Waals surface area contributed by atoms with E-state index in [4.69, 9.17) is 4.74 Å². The fourth-order valence-electron chi connectivity index (χ4n) is 7.05. The summed E-state index contributed by atoms with van der Waals surface area (Å²) in [6.45, 7) is 5.76. The Morgan fingerprint density at radius 3 is 2.51 bits per heavy atom. The van der Waals surface area contributed by atoms with Gasteiger partial charge in [0.05, 0.1) is 29.4 Å². The first-order chi connectivity index (χ1) is 22.8. The molecule has 10 nitrogen and oxygen atoms in total. The minimum Gasteiger partial charge on any atom is -0.493 e. The molecule has 0 spiro atoms. The molecule has 47 heavy (non-hydrogen) atoms. The standard InChI is InChI=1S/C36H32N6O4S/c1-3-46-32-11-5-4-10-29(32)36(41-21-20-40(24-25(41)2)28-15-18-38-19-16-28)30-22-26(23-37)13-14-31(30)42(35(36)43)47(44,45)33-12-6-8-27-9-7-17-39-34(27)33/h4-19,22,25H,3,20-21,24H2,1-2H3. The second kappa shape index (κ2) is 11.8. The number of carbonyl (C=O) groups is 1. The molecule has 0 saturated carbocycles. The highest BCUT2D eigenvalue weighted by atomic mass is 32.2. The smallest absolute Gasteiger partial charge is 0.273 e. The van der Waals surface area contributed by atoms with Crippen LogP contribution in [0.15, 0.2) is 108 Å². The Labute approximate surface area is 273 Å². The molecular formula is C36H32N6O4S. The Hall–Kier alpha value is -5.31. The van der Waals surface area contributed by atoms with Gasteiger partial charge in [-0.05, 0) is 62.4 Å². The predicted molar refractivity (Wildman–Crippen MR) is 179 cm³/mol. The normalized spacial score (nSPS) is 19.9. The van der Waals surface area contributed by atoms with Crippen molar-refractivity contribution in [3.05, 3.63) is 120 Å². The number of nitriles is 1. The van der Waals surface area contributed by atoms with Crippen LogP contribution in [-0.2, 0) is 20.4 Å². The van der Waals surface area contributed by atoms with Crippen molar-refractivity contribution in [3.63, 3.8) is 0 Å². The molecular weight excluding hydrogens is 613 g/mol.